The van der Waals surface area contributed by atoms with Crippen LogP contribution in [0.3, 0.4) is 0 Å². The summed E-state index contributed by atoms with van der Waals surface area (Å²) >= 11 is 0. The Hall–Kier alpha value is -2.41. The first-order chi connectivity index (χ1) is 9.05. The van der Waals surface area contributed by atoms with Gasteiger partial charge in [-0.1, -0.05) is 0 Å². The summed E-state index contributed by atoms with van der Waals surface area (Å²) in [5, 5.41) is 8.96. The lowest BCUT2D eigenvalue weighted by atomic mass is 10.0. The summed E-state index contributed by atoms with van der Waals surface area (Å²) < 4.78 is 5.35. The zero-order chi connectivity index (χ0) is 14.0. The van der Waals surface area contributed by atoms with Gasteiger partial charge in [0, 0.05) is 11.6 Å². The SMILES string of the molecule is COc1c(C)cc(-c2cc(C#N)nc(C)n2)cc1C. The second-order valence-electron chi connectivity index (χ2n) is 4.44. The summed E-state index contributed by atoms with van der Waals surface area (Å²) in [4.78, 5) is 8.45. The Morgan fingerprint density at radius 2 is 1.68 bits per heavy atom. The summed E-state index contributed by atoms with van der Waals surface area (Å²) in [6, 6.07) is 7.77. The van der Waals surface area contributed by atoms with Gasteiger partial charge < -0.3 is 4.74 Å². The lowest BCUT2D eigenvalue weighted by Crippen LogP contribution is -1.97. The fraction of sp³-hybridized carbons (Fsp3) is 0.267. The van der Waals surface area contributed by atoms with Gasteiger partial charge >= 0.3 is 0 Å². The van der Waals surface area contributed by atoms with Crippen molar-refractivity contribution in [1.82, 2.24) is 9.97 Å². The first-order valence-corrected chi connectivity index (χ1v) is 5.96. The second-order valence-corrected chi connectivity index (χ2v) is 4.44. The van der Waals surface area contributed by atoms with E-state index in [1.54, 1.807) is 20.1 Å². The molecule has 0 aliphatic rings. The van der Waals surface area contributed by atoms with Gasteiger partial charge in [-0.2, -0.15) is 5.26 Å². The molecule has 0 aliphatic heterocycles. The molecule has 0 saturated heterocycles. The molecular formula is C15H15N3O. The van der Waals surface area contributed by atoms with Crippen LogP contribution in [0.2, 0.25) is 0 Å². The van der Waals surface area contributed by atoms with Gasteiger partial charge in [0.05, 0.1) is 12.8 Å². The average Bonchev–Trinajstić information content (AvgIpc) is 2.37. The van der Waals surface area contributed by atoms with Crippen LogP contribution >= 0.6 is 0 Å². The number of nitrogens with zero attached hydrogens (tertiary/aromatic N) is 3. The molecule has 4 heteroatoms. The summed E-state index contributed by atoms with van der Waals surface area (Å²) in [6.45, 7) is 5.77. The number of nitriles is 1. The van der Waals surface area contributed by atoms with Crippen LogP contribution in [0.4, 0.5) is 0 Å². The Morgan fingerprint density at radius 1 is 1.05 bits per heavy atom. The Kier molecular flexibility index (Phi) is 3.48. The Labute approximate surface area is 112 Å². The number of benzene rings is 1. The zero-order valence-electron chi connectivity index (χ0n) is 11.5. The fourth-order valence-corrected chi connectivity index (χ4v) is 2.19. The van der Waals surface area contributed by atoms with Crippen LogP contribution < -0.4 is 4.74 Å². The van der Waals surface area contributed by atoms with Gasteiger partial charge in [0.25, 0.3) is 0 Å². The van der Waals surface area contributed by atoms with Crippen molar-refractivity contribution in [1.29, 1.82) is 5.26 Å². The van der Waals surface area contributed by atoms with Gasteiger partial charge in [-0.25, -0.2) is 9.97 Å². The van der Waals surface area contributed by atoms with Crippen LogP contribution in [-0.4, -0.2) is 17.1 Å². The number of hydrogen-bond donors (Lipinski definition) is 0. The average molecular weight is 253 g/mol. The highest BCUT2D eigenvalue weighted by Gasteiger charge is 2.09. The molecule has 96 valence electrons. The maximum absolute atomic E-state index is 8.96. The highest BCUT2D eigenvalue weighted by Crippen LogP contribution is 2.29. The number of rotatable bonds is 2. The number of hydrogen-bond acceptors (Lipinski definition) is 4. The minimum atomic E-state index is 0.383. The third-order valence-corrected chi connectivity index (χ3v) is 2.91. The molecule has 0 saturated carbocycles. The molecule has 0 unspecified atom stereocenters. The molecule has 0 N–H and O–H groups in total. The molecule has 1 aromatic carbocycles. The molecule has 0 spiro atoms. The van der Waals surface area contributed by atoms with E-state index >= 15 is 0 Å². The van der Waals surface area contributed by atoms with Gasteiger partial charge in [0.1, 0.15) is 23.3 Å². The molecule has 0 atom stereocenters. The molecule has 1 heterocycles. The van der Waals surface area contributed by atoms with E-state index in [0.717, 1.165) is 28.1 Å². The number of methoxy groups -OCH3 is 1. The van der Waals surface area contributed by atoms with E-state index in [1.165, 1.54) is 0 Å². The van der Waals surface area contributed by atoms with Crippen molar-refractivity contribution in [2.45, 2.75) is 20.8 Å². The third kappa shape index (κ3) is 2.55. The molecule has 0 bridgehead atoms. The Balaban J connectivity index is 2.60. The Morgan fingerprint density at radius 3 is 2.21 bits per heavy atom. The third-order valence-electron chi connectivity index (χ3n) is 2.91. The smallest absolute Gasteiger partial charge is 0.144 e. The van der Waals surface area contributed by atoms with Crippen molar-refractivity contribution < 1.29 is 4.74 Å². The number of ether oxygens (including phenoxy) is 1. The summed E-state index contributed by atoms with van der Waals surface area (Å²) in [5.41, 5.74) is 4.21. The normalized spacial score (nSPS) is 10.1. The molecule has 2 aromatic rings. The van der Waals surface area contributed by atoms with Crippen molar-refractivity contribution in [2.75, 3.05) is 7.11 Å². The van der Waals surface area contributed by atoms with Crippen LogP contribution in [0.15, 0.2) is 18.2 Å². The lowest BCUT2D eigenvalue weighted by Gasteiger charge is -2.11. The molecule has 19 heavy (non-hydrogen) atoms. The van der Waals surface area contributed by atoms with Crippen LogP contribution in [0.5, 0.6) is 5.75 Å². The Bertz CT molecular complexity index is 649. The first kappa shape index (κ1) is 13.0. The zero-order valence-corrected chi connectivity index (χ0v) is 11.5. The fourth-order valence-electron chi connectivity index (χ4n) is 2.19. The summed E-state index contributed by atoms with van der Waals surface area (Å²) in [5.74, 6) is 1.48. The number of aromatic nitrogens is 2. The van der Waals surface area contributed by atoms with E-state index in [-0.39, 0.29) is 0 Å². The van der Waals surface area contributed by atoms with Crippen LogP contribution in [0, 0.1) is 32.1 Å². The van der Waals surface area contributed by atoms with Crippen LogP contribution in [0.25, 0.3) is 11.3 Å². The maximum Gasteiger partial charge on any atom is 0.144 e. The molecule has 1 aromatic heterocycles. The van der Waals surface area contributed by atoms with Crippen molar-refractivity contribution in [3.63, 3.8) is 0 Å². The topological polar surface area (TPSA) is 58.8 Å². The summed E-state index contributed by atoms with van der Waals surface area (Å²) in [6.07, 6.45) is 0. The first-order valence-electron chi connectivity index (χ1n) is 5.96. The largest absolute Gasteiger partial charge is 0.496 e. The van der Waals surface area contributed by atoms with Crippen molar-refractivity contribution in [2.24, 2.45) is 0 Å². The van der Waals surface area contributed by atoms with Gasteiger partial charge in [-0.15, -0.1) is 0 Å². The maximum atomic E-state index is 8.96. The molecule has 0 fully saturated rings. The van der Waals surface area contributed by atoms with E-state index in [0.29, 0.717) is 11.5 Å². The van der Waals surface area contributed by atoms with Gasteiger partial charge in [-0.05, 0) is 44.0 Å². The minimum Gasteiger partial charge on any atom is -0.496 e. The molecule has 0 amide bonds. The van der Waals surface area contributed by atoms with Crippen molar-refractivity contribution in [3.8, 4) is 23.1 Å². The predicted octanol–water partition coefficient (Wildman–Crippen LogP) is 2.95. The van der Waals surface area contributed by atoms with Gasteiger partial charge in [-0.3, -0.25) is 0 Å². The molecular weight excluding hydrogens is 238 g/mol. The van der Waals surface area contributed by atoms with E-state index in [9.17, 15) is 0 Å². The van der Waals surface area contributed by atoms with Gasteiger partial charge in [0.2, 0.25) is 0 Å². The molecule has 0 radical (unpaired) electrons. The van der Waals surface area contributed by atoms with E-state index < -0.39 is 0 Å². The minimum absolute atomic E-state index is 0.383. The standard InChI is InChI=1S/C15H15N3O/c1-9-5-12(6-10(2)15(9)19-4)14-7-13(8-16)17-11(3)18-14/h5-7H,1-4H3. The second kappa shape index (κ2) is 5.07. The quantitative estimate of drug-likeness (QED) is 0.825. The van der Waals surface area contributed by atoms with Crippen molar-refractivity contribution in [3.05, 3.63) is 40.8 Å². The van der Waals surface area contributed by atoms with Gasteiger partial charge in [0.15, 0.2) is 0 Å². The van der Waals surface area contributed by atoms with E-state index in [4.69, 9.17) is 10.00 Å². The number of aryl methyl sites for hydroxylation is 3. The molecule has 2 rings (SSSR count). The highest BCUT2D eigenvalue weighted by atomic mass is 16.5. The predicted molar refractivity (Wildman–Crippen MR) is 72.9 cm³/mol. The monoisotopic (exact) mass is 253 g/mol. The summed E-state index contributed by atoms with van der Waals surface area (Å²) in [7, 11) is 1.66. The van der Waals surface area contributed by atoms with E-state index in [2.05, 4.69) is 16.0 Å². The van der Waals surface area contributed by atoms with E-state index in [1.807, 2.05) is 26.0 Å². The lowest BCUT2D eigenvalue weighted by molar-refractivity contribution is 0.408. The molecule has 4 nitrogen and oxygen atoms in total. The van der Waals surface area contributed by atoms with Crippen molar-refractivity contribution >= 4 is 0 Å². The highest BCUT2D eigenvalue weighted by molar-refractivity contribution is 5.65. The molecule has 0 aliphatic carbocycles. The van der Waals surface area contributed by atoms with Crippen LogP contribution in [0.1, 0.15) is 22.6 Å². The van der Waals surface area contributed by atoms with Crippen LogP contribution in [-0.2, 0) is 0 Å².